The maximum absolute atomic E-state index is 13.8. The molecule has 11 nitrogen and oxygen atoms in total. The van der Waals surface area contributed by atoms with Gasteiger partial charge in [-0.2, -0.15) is 13.2 Å². The van der Waals surface area contributed by atoms with Gasteiger partial charge in [0.15, 0.2) is 0 Å². The topological polar surface area (TPSA) is 157 Å². The predicted molar refractivity (Wildman–Crippen MR) is 149 cm³/mol. The van der Waals surface area contributed by atoms with Crippen LogP contribution in [-0.2, 0) is 30.7 Å². The number of anilines is 1. The van der Waals surface area contributed by atoms with Crippen molar-refractivity contribution in [3.05, 3.63) is 58.0 Å². The third kappa shape index (κ3) is 7.51. The Morgan fingerprint density at radius 1 is 1.02 bits per heavy atom. The lowest BCUT2D eigenvalue weighted by Crippen LogP contribution is -2.46. The van der Waals surface area contributed by atoms with Crippen molar-refractivity contribution in [3.63, 3.8) is 0 Å². The summed E-state index contributed by atoms with van der Waals surface area (Å²) in [6.07, 6.45) is 0.744. The van der Waals surface area contributed by atoms with Gasteiger partial charge in [-0.15, -0.1) is 0 Å². The molecule has 0 fully saturated rings. The van der Waals surface area contributed by atoms with Crippen molar-refractivity contribution in [2.75, 3.05) is 30.3 Å². The number of amides is 3. The molecule has 0 spiro atoms. The van der Waals surface area contributed by atoms with Gasteiger partial charge in [-0.05, 0) is 38.3 Å². The highest BCUT2D eigenvalue weighted by atomic mass is 32.2. The lowest BCUT2D eigenvalue weighted by Gasteiger charge is -2.44. The van der Waals surface area contributed by atoms with Gasteiger partial charge in [-0.1, -0.05) is 12.5 Å². The molecular formula is C28H29F3N3O8S-. The molecule has 1 aromatic carbocycles. The van der Waals surface area contributed by atoms with E-state index < -0.39 is 56.0 Å². The fraction of sp³-hybridized carbons (Fsp3) is 0.429. The number of carbonyl (C=O) groups excluding carboxylic acids is 3. The van der Waals surface area contributed by atoms with E-state index in [0.29, 0.717) is 37.6 Å². The lowest BCUT2D eigenvalue weighted by molar-refractivity contribution is -0.137. The minimum atomic E-state index is -4.89. The monoisotopic (exact) mass is 624 g/mol. The van der Waals surface area contributed by atoms with Crippen molar-refractivity contribution in [2.24, 2.45) is 0 Å². The molecule has 0 radical (unpaired) electrons. The van der Waals surface area contributed by atoms with E-state index in [1.165, 1.54) is 12.1 Å². The molecule has 0 atom stereocenters. The summed E-state index contributed by atoms with van der Waals surface area (Å²) in [5.41, 5.74) is -3.20. The van der Waals surface area contributed by atoms with E-state index in [9.17, 15) is 45.3 Å². The highest BCUT2D eigenvalue weighted by Crippen LogP contribution is 2.44. The number of carbonyl (C=O) groups is 3. The Hall–Kier alpha value is -3.98. The molecule has 3 heterocycles. The van der Waals surface area contributed by atoms with Crippen LogP contribution in [0.15, 0.2) is 45.6 Å². The van der Waals surface area contributed by atoms with Crippen LogP contribution in [0.1, 0.15) is 50.7 Å². The third-order valence-electron chi connectivity index (χ3n) is 7.20. The maximum Gasteiger partial charge on any atom is 0.417 e. The Morgan fingerprint density at radius 3 is 2.33 bits per heavy atom. The average Bonchev–Trinajstić information content (AvgIpc) is 3.19. The Bertz CT molecular complexity index is 1680. The Labute approximate surface area is 244 Å². The zero-order valence-corrected chi connectivity index (χ0v) is 24.1. The molecule has 0 bridgehead atoms. The molecule has 0 saturated heterocycles. The molecule has 2 aliphatic heterocycles. The number of hydrogen-bond acceptors (Lipinski definition) is 9. The zero-order chi connectivity index (χ0) is 31.7. The fourth-order valence-electron chi connectivity index (χ4n) is 5.30. The standard InChI is InChI=1S/C28H30F3N3O8S/c1-27(2)15-17(16-43(39,40)41)18-12-19-20(28(29,30)31)13-26(38)42-22(19)14-21(18)34(27)10-5-3-4-6-23(35)32-9-11-33-24(36)7-8-25(33)37/h7-8,12-15H,3-6,9-11,16H2,1-2H3,(H,32,35)(H,39,40,41)/p-1. The predicted octanol–water partition coefficient (Wildman–Crippen LogP) is 2.94. The van der Waals surface area contributed by atoms with E-state index >= 15 is 0 Å². The third-order valence-corrected chi connectivity index (χ3v) is 7.87. The minimum Gasteiger partial charge on any atom is -0.748 e. The van der Waals surface area contributed by atoms with E-state index in [4.69, 9.17) is 4.42 Å². The van der Waals surface area contributed by atoms with Crippen LogP contribution in [0.2, 0.25) is 0 Å². The van der Waals surface area contributed by atoms with Crippen LogP contribution < -0.4 is 15.8 Å². The second-order valence-corrected chi connectivity index (χ2v) is 12.2. The number of fused-ring (bicyclic) bond motifs is 2. The van der Waals surface area contributed by atoms with Gasteiger partial charge >= 0.3 is 11.8 Å². The Kier molecular flexibility index (Phi) is 8.88. The molecule has 1 N–H and O–H groups in total. The van der Waals surface area contributed by atoms with Crippen molar-refractivity contribution < 1.29 is 44.9 Å². The normalized spacial score (nSPS) is 16.6. The van der Waals surface area contributed by atoms with E-state index in [1.54, 1.807) is 13.8 Å². The first kappa shape index (κ1) is 31.9. The highest BCUT2D eigenvalue weighted by Gasteiger charge is 2.37. The number of imide groups is 1. The molecular weight excluding hydrogens is 595 g/mol. The summed E-state index contributed by atoms with van der Waals surface area (Å²) in [5, 5.41) is 2.21. The first-order valence-corrected chi connectivity index (χ1v) is 15.0. The van der Waals surface area contributed by atoms with E-state index in [2.05, 4.69) is 5.32 Å². The Morgan fingerprint density at radius 2 is 1.70 bits per heavy atom. The number of rotatable bonds is 11. The van der Waals surface area contributed by atoms with Crippen LogP contribution in [0.25, 0.3) is 16.5 Å². The van der Waals surface area contributed by atoms with Crippen LogP contribution in [0, 0.1) is 0 Å². The molecule has 4 rings (SSSR count). The van der Waals surface area contributed by atoms with Crippen LogP contribution in [0.3, 0.4) is 0 Å². The summed E-state index contributed by atoms with van der Waals surface area (Å²) < 4.78 is 81.4. The molecule has 2 aliphatic rings. The maximum atomic E-state index is 13.8. The molecule has 15 heteroatoms. The molecule has 2 aromatic rings. The summed E-state index contributed by atoms with van der Waals surface area (Å²) in [6.45, 7) is 4.01. The van der Waals surface area contributed by atoms with Crippen LogP contribution in [-0.4, -0.2) is 66.5 Å². The van der Waals surface area contributed by atoms with E-state index in [-0.39, 0.29) is 42.1 Å². The first-order chi connectivity index (χ1) is 20.0. The molecule has 43 heavy (non-hydrogen) atoms. The molecule has 232 valence electrons. The van der Waals surface area contributed by atoms with Crippen molar-refractivity contribution in [1.29, 1.82) is 0 Å². The van der Waals surface area contributed by atoms with Gasteiger partial charge in [0.05, 0.1) is 27.0 Å². The van der Waals surface area contributed by atoms with E-state index in [1.807, 2.05) is 4.90 Å². The molecule has 0 unspecified atom stereocenters. The van der Waals surface area contributed by atoms with Crippen molar-refractivity contribution in [3.8, 4) is 0 Å². The second-order valence-electron chi connectivity index (χ2n) is 10.8. The van der Waals surface area contributed by atoms with Gasteiger partial charge in [0.25, 0.3) is 11.8 Å². The van der Waals surface area contributed by atoms with Gasteiger partial charge < -0.3 is 19.2 Å². The zero-order valence-electron chi connectivity index (χ0n) is 23.3. The molecule has 3 amide bonds. The first-order valence-electron chi connectivity index (χ1n) is 13.4. The van der Waals surface area contributed by atoms with Crippen LogP contribution >= 0.6 is 0 Å². The average molecular weight is 625 g/mol. The molecule has 1 aromatic heterocycles. The van der Waals surface area contributed by atoms with Crippen LogP contribution in [0.4, 0.5) is 18.9 Å². The summed E-state index contributed by atoms with van der Waals surface area (Å²) in [4.78, 5) is 50.1. The molecule has 0 saturated carbocycles. The summed E-state index contributed by atoms with van der Waals surface area (Å²) in [7, 11) is -4.79. The SMILES string of the molecule is CC1(C)C=C(CS(=O)(=O)[O-])c2cc3c(C(F)(F)F)cc(=O)oc3cc2N1CCCCCC(=O)NCCN1C(=O)C=CC1=O. The summed E-state index contributed by atoms with van der Waals surface area (Å²) >= 11 is 0. The van der Waals surface area contributed by atoms with E-state index in [0.717, 1.165) is 23.1 Å². The summed E-state index contributed by atoms with van der Waals surface area (Å²) in [6, 6.07) is 2.68. The lowest BCUT2D eigenvalue weighted by atomic mass is 9.87. The highest BCUT2D eigenvalue weighted by molar-refractivity contribution is 7.86. The van der Waals surface area contributed by atoms with Gasteiger partial charge in [-0.25, -0.2) is 13.2 Å². The van der Waals surface area contributed by atoms with Gasteiger partial charge in [0.2, 0.25) is 5.91 Å². The number of nitrogens with one attached hydrogen (secondary N) is 1. The van der Waals surface area contributed by atoms with Crippen molar-refractivity contribution in [1.82, 2.24) is 10.2 Å². The molecule has 0 aliphatic carbocycles. The van der Waals surface area contributed by atoms with Crippen LogP contribution in [0.5, 0.6) is 0 Å². The number of benzene rings is 1. The Balaban J connectivity index is 1.48. The smallest absolute Gasteiger partial charge is 0.417 e. The quantitative estimate of drug-likeness (QED) is 0.172. The largest absolute Gasteiger partial charge is 0.748 e. The van der Waals surface area contributed by atoms with Crippen molar-refractivity contribution >= 4 is 50.1 Å². The number of unbranched alkanes of at least 4 members (excludes halogenated alkanes) is 2. The van der Waals surface area contributed by atoms with Crippen molar-refractivity contribution in [2.45, 2.75) is 51.2 Å². The second kappa shape index (κ2) is 12.0. The van der Waals surface area contributed by atoms with Gasteiger partial charge in [0.1, 0.15) is 5.58 Å². The number of alkyl halides is 3. The fourth-order valence-corrected chi connectivity index (χ4v) is 5.92. The minimum absolute atomic E-state index is 0.0391. The number of hydrogen-bond donors (Lipinski definition) is 1. The summed E-state index contributed by atoms with van der Waals surface area (Å²) in [5.74, 6) is -2.07. The van der Waals surface area contributed by atoms with Gasteiger partial charge in [0, 0.05) is 67.0 Å². The number of halogens is 3. The number of nitrogens with zero attached hydrogens (tertiary/aromatic N) is 2. The van der Waals surface area contributed by atoms with Gasteiger partial charge in [-0.3, -0.25) is 19.3 Å².